The Morgan fingerprint density at radius 1 is 0.632 bits per heavy atom. The highest BCUT2D eigenvalue weighted by molar-refractivity contribution is 6.20. The van der Waals surface area contributed by atoms with Gasteiger partial charge in [0, 0.05) is 17.1 Å². The molecule has 1 aliphatic rings. The third-order valence-electron chi connectivity index (χ3n) is 4.19. The van der Waals surface area contributed by atoms with E-state index in [2.05, 4.69) is 59.6 Å². The van der Waals surface area contributed by atoms with Crippen LogP contribution in [0.2, 0.25) is 0 Å². The standard InChI is InChI=1S/C18H11N/c1-3-11-4-2-6-15-16(11)13(5-1)14-8-7-12-9-10-19-18(12)17(14)15/h1-10,19H. The van der Waals surface area contributed by atoms with Crippen molar-refractivity contribution >= 4 is 21.7 Å². The molecule has 0 bridgehead atoms. The summed E-state index contributed by atoms with van der Waals surface area (Å²) in [6.45, 7) is 0. The van der Waals surface area contributed by atoms with E-state index in [1.54, 1.807) is 0 Å². The van der Waals surface area contributed by atoms with Crippen LogP contribution in [0.4, 0.5) is 0 Å². The molecule has 1 heteroatoms. The lowest BCUT2D eigenvalue weighted by Gasteiger charge is -2.03. The minimum atomic E-state index is 1.25. The SMILES string of the molecule is c1cc2c3c(cccc3c1)-c1c-2ccc2cc[nH]c12. The minimum absolute atomic E-state index is 1.25. The Kier molecular flexibility index (Phi) is 1.52. The van der Waals surface area contributed by atoms with Gasteiger partial charge in [0.25, 0.3) is 0 Å². The van der Waals surface area contributed by atoms with Crippen LogP contribution in [0.3, 0.4) is 0 Å². The first kappa shape index (κ1) is 9.40. The Hall–Kier alpha value is -2.54. The van der Waals surface area contributed by atoms with Gasteiger partial charge in [-0.15, -0.1) is 0 Å². The Bertz CT molecular complexity index is 955. The van der Waals surface area contributed by atoms with Gasteiger partial charge in [-0.3, -0.25) is 0 Å². The third kappa shape index (κ3) is 1.02. The number of hydrogen-bond donors (Lipinski definition) is 1. The molecular formula is C18H11N. The van der Waals surface area contributed by atoms with Crippen LogP contribution in [0.1, 0.15) is 0 Å². The molecule has 88 valence electrons. The van der Waals surface area contributed by atoms with E-state index in [1.807, 2.05) is 6.20 Å². The number of nitrogens with one attached hydrogen (secondary N) is 1. The lowest BCUT2D eigenvalue weighted by atomic mass is 10.0. The summed E-state index contributed by atoms with van der Waals surface area (Å²) in [5.41, 5.74) is 6.67. The molecule has 19 heavy (non-hydrogen) atoms. The largest absolute Gasteiger partial charge is 0.361 e. The Balaban J connectivity index is 2.11. The van der Waals surface area contributed by atoms with E-state index < -0.39 is 0 Å². The molecule has 0 aliphatic heterocycles. The van der Waals surface area contributed by atoms with Crippen LogP contribution < -0.4 is 0 Å². The smallest absolute Gasteiger partial charge is 0.0540 e. The lowest BCUT2D eigenvalue weighted by Crippen LogP contribution is -1.78. The van der Waals surface area contributed by atoms with E-state index in [0.29, 0.717) is 0 Å². The molecule has 0 unspecified atom stereocenters. The van der Waals surface area contributed by atoms with Crippen molar-refractivity contribution in [1.29, 1.82) is 0 Å². The van der Waals surface area contributed by atoms with Gasteiger partial charge >= 0.3 is 0 Å². The van der Waals surface area contributed by atoms with Crippen LogP contribution in [0.15, 0.2) is 60.8 Å². The van der Waals surface area contributed by atoms with E-state index in [1.165, 1.54) is 43.9 Å². The van der Waals surface area contributed by atoms with Crippen LogP contribution in [-0.2, 0) is 0 Å². The van der Waals surface area contributed by atoms with Crippen molar-refractivity contribution in [2.75, 3.05) is 0 Å². The normalized spacial score (nSPS) is 12.2. The first-order valence-corrected chi connectivity index (χ1v) is 6.56. The van der Waals surface area contributed by atoms with E-state index >= 15 is 0 Å². The molecule has 0 atom stereocenters. The van der Waals surface area contributed by atoms with Gasteiger partial charge < -0.3 is 4.98 Å². The molecule has 0 spiro atoms. The topological polar surface area (TPSA) is 15.8 Å². The summed E-state index contributed by atoms with van der Waals surface area (Å²) < 4.78 is 0. The molecule has 0 radical (unpaired) electrons. The van der Waals surface area contributed by atoms with Crippen LogP contribution in [-0.4, -0.2) is 4.98 Å². The molecule has 1 aromatic heterocycles. The zero-order chi connectivity index (χ0) is 12.4. The van der Waals surface area contributed by atoms with Crippen LogP contribution in [0, 0.1) is 0 Å². The zero-order valence-electron chi connectivity index (χ0n) is 10.3. The summed E-state index contributed by atoms with van der Waals surface area (Å²) in [4.78, 5) is 3.40. The fourth-order valence-electron chi connectivity index (χ4n) is 3.41. The Morgan fingerprint density at radius 2 is 1.47 bits per heavy atom. The summed E-state index contributed by atoms with van der Waals surface area (Å²) in [5.74, 6) is 0. The summed E-state index contributed by atoms with van der Waals surface area (Å²) in [7, 11) is 0. The van der Waals surface area contributed by atoms with Crippen LogP contribution >= 0.6 is 0 Å². The van der Waals surface area contributed by atoms with Crippen molar-refractivity contribution in [3.05, 3.63) is 60.8 Å². The predicted molar refractivity (Wildman–Crippen MR) is 80.2 cm³/mol. The first-order valence-electron chi connectivity index (χ1n) is 6.56. The number of aromatic amines is 1. The summed E-state index contributed by atoms with van der Waals surface area (Å²) in [6, 6.07) is 19.7. The average Bonchev–Trinajstić information content (AvgIpc) is 3.04. The van der Waals surface area contributed by atoms with E-state index in [9.17, 15) is 0 Å². The minimum Gasteiger partial charge on any atom is -0.361 e. The Morgan fingerprint density at radius 3 is 2.37 bits per heavy atom. The molecule has 0 saturated heterocycles. The second-order valence-electron chi connectivity index (χ2n) is 5.14. The van der Waals surface area contributed by atoms with Gasteiger partial charge in [-0.05, 0) is 33.5 Å². The predicted octanol–water partition coefficient (Wildman–Crippen LogP) is 4.97. The average molecular weight is 241 g/mol. The molecule has 0 saturated carbocycles. The van der Waals surface area contributed by atoms with E-state index in [4.69, 9.17) is 0 Å². The maximum atomic E-state index is 3.40. The van der Waals surface area contributed by atoms with Gasteiger partial charge in [0.2, 0.25) is 0 Å². The fraction of sp³-hybridized carbons (Fsp3) is 0. The third-order valence-corrected chi connectivity index (χ3v) is 4.19. The molecule has 5 rings (SSSR count). The number of benzene rings is 3. The number of hydrogen-bond acceptors (Lipinski definition) is 0. The van der Waals surface area contributed by atoms with Crippen molar-refractivity contribution in [3.8, 4) is 22.3 Å². The number of aromatic nitrogens is 1. The first-order chi connectivity index (χ1) is 9.43. The summed E-state index contributed by atoms with van der Waals surface area (Å²) in [6.07, 6.45) is 2.02. The molecule has 1 heterocycles. The highest BCUT2D eigenvalue weighted by atomic mass is 14.7. The van der Waals surface area contributed by atoms with Gasteiger partial charge in [0.05, 0.1) is 5.52 Å². The van der Waals surface area contributed by atoms with Gasteiger partial charge in [0.1, 0.15) is 0 Å². The molecule has 1 N–H and O–H groups in total. The number of H-pyrrole nitrogens is 1. The summed E-state index contributed by atoms with van der Waals surface area (Å²) >= 11 is 0. The maximum absolute atomic E-state index is 3.40. The van der Waals surface area contributed by atoms with Gasteiger partial charge in [-0.1, -0.05) is 48.5 Å². The fourth-order valence-corrected chi connectivity index (χ4v) is 3.41. The van der Waals surface area contributed by atoms with Gasteiger partial charge in [-0.2, -0.15) is 0 Å². The number of rotatable bonds is 0. The van der Waals surface area contributed by atoms with Crippen LogP contribution in [0.5, 0.6) is 0 Å². The molecule has 3 aromatic carbocycles. The van der Waals surface area contributed by atoms with Crippen molar-refractivity contribution in [1.82, 2.24) is 4.98 Å². The zero-order valence-corrected chi connectivity index (χ0v) is 10.3. The van der Waals surface area contributed by atoms with Crippen LogP contribution in [0.25, 0.3) is 43.9 Å². The molecule has 0 amide bonds. The van der Waals surface area contributed by atoms with Crippen molar-refractivity contribution in [2.24, 2.45) is 0 Å². The highest BCUT2D eigenvalue weighted by Crippen LogP contribution is 2.49. The van der Waals surface area contributed by atoms with E-state index in [-0.39, 0.29) is 0 Å². The molecule has 1 nitrogen and oxygen atoms in total. The highest BCUT2D eigenvalue weighted by Gasteiger charge is 2.22. The second-order valence-corrected chi connectivity index (χ2v) is 5.14. The molecule has 1 aliphatic carbocycles. The monoisotopic (exact) mass is 241 g/mol. The van der Waals surface area contributed by atoms with Crippen molar-refractivity contribution < 1.29 is 0 Å². The van der Waals surface area contributed by atoms with Gasteiger partial charge in [-0.25, -0.2) is 0 Å². The maximum Gasteiger partial charge on any atom is 0.0540 e. The molecular weight excluding hydrogens is 230 g/mol. The lowest BCUT2D eigenvalue weighted by molar-refractivity contribution is 1.48. The number of fused-ring (bicyclic) bond motifs is 5. The Labute approximate surface area is 110 Å². The molecule has 4 aromatic rings. The second kappa shape index (κ2) is 3.07. The molecule has 0 fully saturated rings. The quantitative estimate of drug-likeness (QED) is 0.394. The summed E-state index contributed by atoms with van der Waals surface area (Å²) in [5, 5.41) is 4.00. The van der Waals surface area contributed by atoms with Gasteiger partial charge in [0.15, 0.2) is 0 Å². The van der Waals surface area contributed by atoms with Crippen molar-refractivity contribution in [3.63, 3.8) is 0 Å². The van der Waals surface area contributed by atoms with E-state index in [0.717, 1.165) is 0 Å². The van der Waals surface area contributed by atoms with Crippen molar-refractivity contribution in [2.45, 2.75) is 0 Å².